The molecule has 0 saturated heterocycles. The maximum atomic E-state index is 9.53. The summed E-state index contributed by atoms with van der Waals surface area (Å²) < 4.78 is 0.815. The number of rotatable bonds is 0. The molecular weight excluding hydrogens is 232 g/mol. The second-order valence-corrected chi connectivity index (χ2v) is 3.69. The van der Waals surface area contributed by atoms with Gasteiger partial charge in [0.1, 0.15) is 11.6 Å². The molecule has 0 aliphatic heterocycles. The Morgan fingerprint density at radius 2 is 2.15 bits per heavy atom. The number of nitrogens with zero attached hydrogens (tertiary/aromatic N) is 2. The molecule has 0 fully saturated rings. The second kappa shape index (κ2) is 2.96. The van der Waals surface area contributed by atoms with E-state index in [2.05, 4.69) is 25.9 Å². The van der Waals surface area contributed by atoms with E-state index in [4.69, 9.17) is 0 Å². The molecule has 0 bridgehead atoms. The van der Waals surface area contributed by atoms with Crippen molar-refractivity contribution in [2.24, 2.45) is 0 Å². The zero-order valence-corrected chi connectivity index (χ0v) is 8.54. The first kappa shape index (κ1) is 8.44. The summed E-state index contributed by atoms with van der Waals surface area (Å²) in [6.07, 6.45) is 1.62. The summed E-state index contributed by atoms with van der Waals surface area (Å²) in [5, 5.41) is 10.2. The van der Waals surface area contributed by atoms with Crippen LogP contribution in [0.3, 0.4) is 0 Å². The largest absolute Gasteiger partial charge is 0.507 e. The molecule has 13 heavy (non-hydrogen) atoms. The average molecular weight is 239 g/mol. The third-order valence-electron chi connectivity index (χ3n) is 1.76. The van der Waals surface area contributed by atoms with Crippen LogP contribution in [0.2, 0.25) is 0 Å². The quantitative estimate of drug-likeness (QED) is 0.767. The Morgan fingerprint density at radius 3 is 2.92 bits per heavy atom. The van der Waals surface area contributed by atoms with Crippen molar-refractivity contribution in [1.82, 2.24) is 9.97 Å². The predicted molar refractivity (Wildman–Crippen MR) is 53.6 cm³/mol. The van der Waals surface area contributed by atoms with Crippen LogP contribution in [0.25, 0.3) is 10.9 Å². The van der Waals surface area contributed by atoms with Gasteiger partial charge in [0.2, 0.25) is 0 Å². The van der Waals surface area contributed by atoms with Crippen LogP contribution in [0.5, 0.6) is 5.75 Å². The van der Waals surface area contributed by atoms with Crippen LogP contribution in [-0.4, -0.2) is 15.1 Å². The maximum Gasteiger partial charge on any atom is 0.127 e. The van der Waals surface area contributed by atoms with Gasteiger partial charge in [-0.05, 0) is 19.1 Å². The predicted octanol–water partition coefficient (Wildman–Crippen LogP) is 2.41. The maximum absolute atomic E-state index is 9.53. The van der Waals surface area contributed by atoms with E-state index in [1.165, 1.54) is 0 Å². The smallest absolute Gasteiger partial charge is 0.127 e. The number of aromatic hydroxyl groups is 1. The van der Waals surface area contributed by atoms with Crippen molar-refractivity contribution in [3.05, 3.63) is 28.6 Å². The Hall–Kier alpha value is -1.16. The molecule has 3 nitrogen and oxygen atoms in total. The molecule has 1 aromatic carbocycles. The van der Waals surface area contributed by atoms with E-state index in [9.17, 15) is 5.11 Å². The minimum atomic E-state index is 0.198. The second-order valence-electron chi connectivity index (χ2n) is 2.77. The number of hydrogen-bond donors (Lipinski definition) is 1. The van der Waals surface area contributed by atoms with Crippen LogP contribution in [-0.2, 0) is 0 Å². The summed E-state index contributed by atoms with van der Waals surface area (Å²) in [6, 6.07) is 3.48. The summed E-state index contributed by atoms with van der Waals surface area (Å²) in [5.74, 6) is 0.898. The van der Waals surface area contributed by atoms with Crippen LogP contribution in [0.4, 0.5) is 0 Å². The molecule has 0 radical (unpaired) electrons. The van der Waals surface area contributed by atoms with Gasteiger partial charge in [-0.2, -0.15) is 0 Å². The fraction of sp³-hybridized carbons (Fsp3) is 0.111. The number of fused-ring (bicyclic) bond motifs is 1. The molecule has 1 heterocycles. The van der Waals surface area contributed by atoms with Crippen molar-refractivity contribution >= 4 is 26.8 Å². The number of phenols is 1. The lowest BCUT2D eigenvalue weighted by atomic mass is 10.2. The highest BCUT2D eigenvalue weighted by Crippen LogP contribution is 2.27. The molecule has 2 rings (SSSR count). The van der Waals surface area contributed by atoms with E-state index in [-0.39, 0.29) is 5.75 Å². The van der Waals surface area contributed by atoms with E-state index < -0.39 is 0 Å². The lowest BCUT2D eigenvalue weighted by molar-refractivity contribution is 0.481. The third kappa shape index (κ3) is 1.49. The molecule has 0 aliphatic carbocycles. The zero-order chi connectivity index (χ0) is 9.42. The molecule has 1 aromatic heterocycles. The van der Waals surface area contributed by atoms with Crippen molar-refractivity contribution < 1.29 is 5.11 Å². The third-order valence-corrected chi connectivity index (χ3v) is 2.22. The molecule has 0 saturated carbocycles. The highest BCUT2D eigenvalue weighted by molar-refractivity contribution is 9.10. The molecule has 0 atom stereocenters. The fourth-order valence-electron chi connectivity index (χ4n) is 1.18. The first-order valence-corrected chi connectivity index (χ1v) is 4.58. The first-order valence-electron chi connectivity index (χ1n) is 3.78. The number of phenolic OH excluding ortho intramolecular Hbond substituents is 1. The van der Waals surface area contributed by atoms with Gasteiger partial charge in [0.25, 0.3) is 0 Å². The Kier molecular flexibility index (Phi) is 1.92. The van der Waals surface area contributed by atoms with E-state index in [0.29, 0.717) is 11.2 Å². The molecule has 66 valence electrons. The van der Waals surface area contributed by atoms with Gasteiger partial charge in [-0.3, -0.25) is 0 Å². The van der Waals surface area contributed by atoms with Gasteiger partial charge in [-0.15, -0.1) is 0 Å². The normalized spacial score (nSPS) is 10.6. The molecule has 0 spiro atoms. The van der Waals surface area contributed by atoms with E-state index in [1.54, 1.807) is 12.3 Å². The van der Waals surface area contributed by atoms with Gasteiger partial charge in [0.15, 0.2) is 0 Å². The Bertz CT molecular complexity index is 465. The lowest BCUT2D eigenvalue weighted by Gasteiger charge is -2.01. The summed E-state index contributed by atoms with van der Waals surface area (Å²) in [6.45, 7) is 1.82. The average Bonchev–Trinajstić information content (AvgIpc) is 2.02. The topological polar surface area (TPSA) is 46.0 Å². The monoisotopic (exact) mass is 238 g/mol. The van der Waals surface area contributed by atoms with Crippen LogP contribution in [0.1, 0.15) is 5.82 Å². The highest BCUT2D eigenvalue weighted by Gasteiger charge is 2.03. The zero-order valence-electron chi connectivity index (χ0n) is 6.95. The summed E-state index contributed by atoms with van der Waals surface area (Å²) in [5.41, 5.74) is 0.749. The van der Waals surface area contributed by atoms with Crippen LogP contribution >= 0.6 is 15.9 Å². The molecule has 0 aliphatic rings. The minimum absolute atomic E-state index is 0.198. The standard InChI is InChI=1S/C9H7BrN2O/c1-5-11-4-7-8(12-5)2-6(10)3-9(7)13/h2-4,13H,1H3. The number of benzene rings is 1. The van der Waals surface area contributed by atoms with Crippen molar-refractivity contribution in [2.75, 3.05) is 0 Å². The van der Waals surface area contributed by atoms with Crippen LogP contribution in [0, 0.1) is 6.92 Å². The van der Waals surface area contributed by atoms with Gasteiger partial charge >= 0.3 is 0 Å². The van der Waals surface area contributed by atoms with Gasteiger partial charge in [-0.1, -0.05) is 15.9 Å². The Balaban J connectivity index is 2.86. The van der Waals surface area contributed by atoms with Gasteiger partial charge < -0.3 is 5.11 Å². The molecule has 4 heteroatoms. The van der Waals surface area contributed by atoms with Crippen molar-refractivity contribution in [3.8, 4) is 5.75 Å². The number of halogens is 1. The summed E-state index contributed by atoms with van der Waals surface area (Å²) in [4.78, 5) is 8.21. The molecule has 0 unspecified atom stereocenters. The van der Waals surface area contributed by atoms with Crippen molar-refractivity contribution in [2.45, 2.75) is 6.92 Å². The Labute approximate surface area is 83.6 Å². The highest BCUT2D eigenvalue weighted by atomic mass is 79.9. The van der Waals surface area contributed by atoms with Gasteiger partial charge in [0, 0.05) is 10.7 Å². The van der Waals surface area contributed by atoms with Crippen LogP contribution < -0.4 is 0 Å². The number of hydrogen-bond acceptors (Lipinski definition) is 3. The van der Waals surface area contributed by atoms with Gasteiger partial charge in [0.05, 0.1) is 10.9 Å². The van der Waals surface area contributed by atoms with E-state index in [0.717, 1.165) is 9.99 Å². The van der Waals surface area contributed by atoms with Gasteiger partial charge in [-0.25, -0.2) is 9.97 Å². The lowest BCUT2D eigenvalue weighted by Crippen LogP contribution is -1.87. The number of aromatic nitrogens is 2. The minimum Gasteiger partial charge on any atom is -0.507 e. The van der Waals surface area contributed by atoms with Crippen LogP contribution in [0.15, 0.2) is 22.8 Å². The summed E-state index contributed by atoms with van der Waals surface area (Å²) >= 11 is 3.29. The van der Waals surface area contributed by atoms with Crippen molar-refractivity contribution in [1.29, 1.82) is 0 Å². The molecular formula is C9H7BrN2O. The summed E-state index contributed by atoms with van der Waals surface area (Å²) in [7, 11) is 0. The van der Waals surface area contributed by atoms with Crippen molar-refractivity contribution in [3.63, 3.8) is 0 Å². The first-order chi connectivity index (χ1) is 6.16. The Morgan fingerprint density at radius 1 is 1.38 bits per heavy atom. The van der Waals surface area contributed by atoms with E-state index >= 15 is 0 Å². The molecule has 0 amide bonds. The number of aryl methyl sites for hydroxylation is 1. The van der Waals surface area contributed by atoms with E-state index in [1.807, 2.05) is 13.0 Å². The molecule has 2 aromatic rings. The fourth-order valence-corrected chi connectivity index (χ4v) is 1.61. The molecule has 1 N–H and O–H groups in total. The SMILES string of the molecule is Cc1ncc2c(O)cc(Br)cc2n1.